The highest BCUT2D eigenvalue weighted by molar-refractivity contribution is 14.0. The predicted octanol–water partition coefficient (Wildman–Crippen LogP) is 2.24. The van der Waals surface area contributed by atoms with E-state index in [-0.39, 0.29) is 36.3 Å². The Hall–Kier alpha value is -0.130. The molecule has 2 fully saturated rings. The van der Waals surface area contributed by atoms with Gasteiger partial charge in [0.1, 0.15) is 0 Å². The highest BCUT2D eigenvalue weighted by Gasteiger charge is 2.27. The van der Waals surface area contributed by atoms with Crippen LogP contribution < -0.4 is 10.6 Å². The van der Waals surface area contributed by atoms with Gasteiger partial charge in [-0.25, -0.2) is 12.7 Å². The predicted molar refractivity (Wildman–Crippen MR) is 128 cm³/mol. The fourth-order valence-corrected chi connectivity index (χ4v) is 5.58. The summed E-state index contributed by atoms with van der Waals surface area (Å²) in [6.07, 6.45) is 7.75. The van der Waals surface area contributed by atoms with Crippen LogP contribution in [-0.4, -0.2) is 80.7 Å². The van der Waals surface area contributed by atoms with Gasteiger partial charge in [-0.2, -0.15) is 0 Å². The van der Waals surface area contributed by atoms with E-state index in [1.807, 2.05) is 20.8 Å². The Labute approximate surface area is 189 Å². The molecule has 166 valence electrons. The lowest BCUT2D eigenvalue weighted by Gasteiger charge is -2.36. The first-order valence-corrected chi connectivity index (χ1v) is 12.4. The van der Waals surface area contributed by atoms with Gasteiger partial charge in [0.05, 0.1) is 12.3 Å². The van der Waals surface area contributed by atoms with Crippen LogP contribution >= 0.6 is 24.0 Å². The molecule has 1 saturated carbocycles. The minimum Gasteiger partial charge on any atom is -0.357 e. The number of piperidine rings is 1. The quantitative estimate of drug-likeness (QED) is 0.272. The summed E-state index contributed by atoms with van der Waals surface area (Å²) < 4.78 is 26.1. The molecule has 1 aliphatic carbocycles. The van der Waals surface area contributed by atoms with E-state index < -0.39 is 10.0 Å². The molecule has 1 aliphatic heterocycles. The first kappa shape index (κ1) is 25.9. The highest BCUT2D eigenvalue weighted by atomic mass is 127. The fraction of sp³-hybridized carbons (Fsp3) is 0.947. The minimum absolute atomic E-state index is 0. The van der Waals surface area contributed by atoms with Crippen molar-refractivity contribution in [3.63, 3.8) is 0 Å². The zero-order valence-electron chi connectivity index (χ0n) is 17.8. The normalized spacial score (nSPS) is 20.4. The molecule has 28 heavy (non-hydrogen) atoms. The van der Waals surface area contributed by atoms with Gasteiger partial charge in [0, 0.05) is 44.8 Å². The fourth-order valence-electron chi connectivity index (χ4n) is 4.21. The standard InChI is InChI=1S/C19H39N5O2S.HI/c1-4-20-19(21-13-16-27(25,26)24(5-2)6-3)22-17-11-14-23(15-12-17)18-9-7-8-10-18;/h17-18H,4-16H2,1-3H3,(H2,20,21,22);1H. The summed E-state index contributed by atoms with van der Waals surface area (Å²) in [7, 11) is -3.22. The van der Waals surface area contributed by atoms with Gasteiger partial charge in [0.2, 0.25) is 10.0 Å². The smallest absolute Gasteiger partial charge is 0.215 e. The topological polar surface area (TPSA) is 77.0 Å². The van der Waals surface area contributed by atoms with E-state index in [4.69, 9.17) is 0 Å². The summed E-state index contributed by atoms with van der Waals surface area (Å²) in [5.41, 5.74) is 0. The number of hydrogen-bond acceptors (Lipinski definition) is 4. The first-order valence-electron chi connectivity index (χ1n) is 10.8. The number of sulfonamides is 1. The van der Waals surface area contributed by atoms with Crippen molar-refractivity contribution in [3.05, 3.63) is 0 Å². The average molecular weight is 530 g/mol. The van der Waals surface area contributed by atoms with Crippen molar-refractivity contribution in [2.24, 2.45) is 4.99 Å². The first-order chi connectivity index (χ1) is 13.0. The Kier molecular flexibility index (Phi) is 12.2. The molecule has 1 heterocycles. The lowest BCUT2D eigenvalue weighted by atomic mass is 10.0. The number of halogens is 1. The molecule has 2 aliphatic rings. The van der Waals surface area contributed by atoms with E-state index in [9.17, 15) is 8.42 Å². The molecule has 0 bridgehead atoms. The largest absolute Gasteiger partial charge is 0.357 e. The number of nitrogens with zero attached hydrogens (tertiary/aromatic N) is 3. The molecule has 2 rings (SSSR count). The van der Waals surface area contributed by atoms with Gasteiger partial charge < -0.3 is 15.5 Å². The molecule has 0 aromatic rings. The van der Waals surface area contributed by atoms with Crippen molar-refractivity contribution in [2.75, 3.05) is 45.0 Å². The van der Waals surface area contributed by atoms with E-state index >= 15 is 0 Å². The molecule has 0 spiro atoms. The van der Waals surface area contributed by atoms with Crippen molar-refractivity contribution >= 4 is 40.0 Å². The van der Waals surface area contributed by atoms with Crippen LogP contribution in [0, 0.1) is 0 Å². The molecule has 7 nitrogen and oxygen atoms in total. The maximum atomic E-state index is 12.3. The van der Waals surface area contributed by atoms with E-state index in [1.54, 1.807) is 0 Å². The van der Waals surface area contributed by atoms with Gasteiger partial charge in [0.15, 0.2) is 5.96 Å². The molecular weight excluding hydrogens is 489 g/mol. The number of nitrogens with one attached hydrogen (secondary N) is 2. The van der Waals surface area contributed by atoms with Crippen LogP contribution in [0.3, 0.4) is 0 Å². The summed E-state index contributed by atoms with van der Waals surface area (Å²) in [4.78, 5) is 7.17. The number of rotatable bonds is 9. The van der Waals surface area contributed by atoms with Crippen molar-refractivity contribution in [1.82, 2.24) is 19.8 Å². The molecule has 0 aromatic heterocycles. The Bertz CT molecular complexity index is 555. The van der Waals surface area contributed by atoms with Crippen LogP contribution in [0.15, 0.2) is 4.99 Å². The lowest BCUT2D eigenvalue weighted by molar-refractivity contribution is 0.150. The molecule has 0 aromatic carbocycles. The summed E-state index contributed by atoms with van der Waals surface area (Å²) in [6, 6.07) is 1.22. The van der Waals surface area contributed by atoms with Gasteiger partial charge in [-0.1, -0.05) is 26.7 Å². The molecule has 0 amide bonds. The molecule has 1 saturated heterocycles. The maximum absolute atomic E-state index is 12.3. The van der Waals surface area contributed by atoms with Gasteiger partial charge in [-0.05, 0) is 32.6 Å². The Morgan fingerprint density at radius 1 is 1.07 bits per heavy atom. The molecule has 0 radical (unpaired) electrons. The SMILES string of the molecule is CCNC(=NCCS(=O)(=O)N(CC)CC)NC1CCN(C2CCCC2)CC1.I. The van der Waals surface area contributed by atoms with Crippen LogP contribution in [0.25, 0.3) is 0 Å². The van der Waals surface area contributed by atoms with Gasteiger partial charge >= 0.3 is 0 Å². The van der Waals surface area contributed by atoms with Crippen molar-refractivity contribution in [2.45, 2.75) is 71.4 Å². The van der Waals surface area contributed by atoms with Gasteiger partial charge in [-0.15, -0.1) is 24.0 Å². The Morgan fingerprint density at radius 2 is 1.68 bits per heavy atom. The third-order valence-corrected chi connectivity index (χ3v) is 7.78. The monoisotopic (exact) mass is 529 g/mol. The lowest BCUT2D eigenvalue weighted by Crippen LogP contribution is -2.50. The van der Waals surface area contributed by atoms with Crippen LogP contribution in [0.1, 0.15) is 59.3 Å². The number of guanidine groups is 1. The van der Waals surface area contributed by atoms with Crippen LogP contribution in [0.4, 0.5) is 0 Å². The Morgan fingerprint density at radius 3 is 2.21 bits per heavy atom. The second-order valence-corrected chi connectivity index (χ2v) is 9.64. The Balaban J connectivity index is 0.00000392. The van der Waals surface area contributed by atoms with Crippen LogP contribution in [-0.2, 0) is 10.0 Å². The van der Waals surface area contributed by atoms with Crippen LogP contribution in [0.5, 0.6) is 0 Å². The van der Waals surface area contributed by atoms with Crippen molar-refractivity contribution in [3.8, 4) is 0 Å². The maximum Gasteiger partial charge on any atom is 0.215 e. The summed E-state index contributed by atoms with van der Waals surface area (Å²) in [6.45, 7) is 10.2. The highest BCUT2D eigenvalue weighted by Crippen LogP contribution is 2.26. The minimum atomic E-state index is -3.22. The second kappa shape index (κ2) is 13.2. The molecule has 2 N–H and O–H groups in total. The van der Waals surface area contributed by atoms with E-state index in [1.165, 1.54) is 30.0 Å². The molecular formula is C19H40IN5O2S. The molecule has 9 heteroatoms. The third-order valence-electron chi connectivity index (χ3n) is 5.77. The molecule has 0 atom stereocenters. The number of likely N-dealkylation sites (tertiary alicyclic amines) is 1. The van der Waals surface area contributed by atoms with Gasteiger partial charge in [0.25, 0.3) is 0 Å². The van der Waals surface area contributed by atoms with Gasteiger partial charge in [-0.3, -0.25) is 4.99 Å². The molecule has 0 unspecified atom stereocenters. The van der Waals surface area contributed by atoms with Crippen LogP contribution in [0.2, 0.25) is 0 Å². The zero-order valence-corrected chi connectivity index (χ0v) is 21.0. The van der Waals surface area contributed by atoms with E-state index in [0.717, 1.165) is 44.5 Å². The van der Waals surface area contributed by atoms with Crippen molar-refractivity contribution < 1.29 is 8.42 Å². The summed E-state index contributed by atoms with van der Waals surface area (Å²) in [5, 5.41) is 6.77. The average Bonchev–Trinajstić information content (AvgIpc) is 3.18. The van der Waals surface area contributed by atoms with E-state index in [2.05, 4.69) is 20.5 Å². The second-order valence-electron chi connectivity index (χ2n) is 7.55. The zero-order chi connectivity index (χ0) is 19.7. The van der Waals surface area contributed by atoms with E-state index in [0.29, 0.717) is 19.1 Å². The number of aliphatic imine (C=N–C) groups is 1. The summed E-state index contributed by atoms with van der Waals surface area (Å²) >= 11 is 0. The third kappa shape index (κ3) is 7.95. The van der Waals surface area contributed by atoms with Crippen molar-refractivity contribution in [1.29, 1.82) is 0 Å². The summed E-state index contributed by atoms with van der Waals surface area (Å²) in [5.74, 6) is 0.803. The number of hydrogen-bond donors (Lipinski definition) is 2.